The Morgan fingerprint density at radius 3 is 2.65 bits per heavy atom. The van der Waals surface area contributed by atoms with Crippen molar-refractivity contribution in [2.24, 2.45) is 0 Å². The van der Waals surface area contributed by atoms with Gasteiger partial charge in [0.2, 0.25) is 5.91 Å². The first-order chi connectivity index (χ1) is 11.2. The minimum Gasteiger partial charge on any atom is -0.326 e. The molecule has 0 saturated carbocycles. The van der Waals surface area contributed by atoms with Gasteiger partial charge in [-0.1, -0.05) is 36.4 Å². The second-order valence-electron chi connectivity index (χ2n) is 5.55. The van der Waals surface area contributed by atoms with E-state index in [4.69, 9.17) is 0 Å². The molecule has 0 fully saturated rings. The number of aryl methyl sites for hydroxylation is 2. The highest BCUT2D eigenvalue weighted by Gasteiger charge is 2.07. The van der Waals surface area contributed by atoms with E-state index < -0.39 is 0 Å². The quantitative estimate of drug-likeness (QED) is 0.749. The third-order valence-electron chi connectivity index (χ3n) is 3.82. The number of amides is 1. The molecular weight excluding hydrogens is 286 g/mol. The van der Waals surface area contributed by atoms with Crippen LogP contribution >= 0.6 is 0 Å². The highest BCUT2D eigenvalue weighted by atomic mass is 16.1. The first kappa shape index (κ1) is 15.0. The summed E-state index contributed by atoms with van der Waals surface area (Å²) < 4.78 is 0. The molecule has 1 aromatic heterocycles. The van der Waals surface area contributed by atoms with Crippen LogP contribution in [0, 0.1) is 6.92 Å². The van der Waals surface area contributed by atoms with Crippen LogP contribution in [-0.2, 0) is 11.2 Å². The summed E-state index contributed by atoms with van der Waals surface area (Å²) in [5.74, 6) is 0.0352. The van der Waals surface area contributed by atoms with Gasteiger partial charge in [0.15, 0.2) is 0 Å². The average Bonchev–Trinajstić information content (AvgIpc) is 3.10. The number of carbonyl (C=O) groups is 1. The second-order valence-corrected chi connectivity index (χ2v) is 5.55. The van der Waals surface area contributed by atoms with E-state index in [0.717, 1.165) is 28.8 Å². The van der Waals surface area contributed by atoms with Crippen molar-refractivity contribution in [1.29, 1.82) is 0 Å². The molecule has 0 atom stereocenters. The second kappa shape index (κ2) is 6.92. The molecule has 0 spiro atoms. The van der Waals surface area contributed by atoms with Gasteiger partial charge in [-0.25, -0.2) is 0 Å². The molecule has 4 nitrogen and oxygen atoms in total. The van der Waals surface area contributed by atoms with Crippen molar-refractivity contribution in [3.05, 3.63) is 72.1 Å². The van der Waals surface area contributed by atoms with E-state index in [1.807, 2.05) is 55.6 Å². The first-order valence-corrected chi connectivity index (χ1v) is 7.66. The molecule has 3 rings (SSSR count). The molecule has 3 aromatic rings. The van der Waals surface area contributed by atoms with Crippen molar-refractivity contribution in [3.8, 4) is 11.1 Å². The van der Waals surface area contributed by atoms with Gasteiger partial charge >= 0.3 is 0 Å². The maximum Gasteiger partial charge on any atom is 0.224 e. The van der Waals surface area contributed by atoms with Crippen LogP contribution in [0.3, 0.4) is 0 Å². The van der Waals surface area contributed by atoms with Crippen molar-refractivity contribution < 1.29 is 4.79 Å². The fourth-order valence-electron chi connectivity index (χ4n) is 2.51. The number of benzene rings is 2. The molecule has 2 aromatic carbocycles. The van der Waals surface area contributed by atoms with Crippen LogP contribution in [0.4, 0.5) is 5.69 Å². The molecule has 0 bridgehead atoms. The van der Waals surface area contributed by atoms with Crippen LogP contribution in [0.1, 0.15) is 17.5 Å². The fraction of sp³-hybridized carbons (Fsp3) is 0.158. The number of nitrogens with zero attached hydrogens (tertiary/aromatic N) is 1. The van der Waals surface area contributed by atoms with Crippen molar-refractivity contribution >= 4 is 11.6 Å². The smallest absolute Gasteiger partial charge is 0.224 e. The van der Waals surface area contributed by atoms with Gasteiger partial charge in [0.1, 0.15) is 0 Å². The van der Waals surface area contributed by atoms with Gasteiger partial charge in [-0.05, 0) is 42.2 Å². The Hall–Kier alpha value is -2.88. The molecule has 116 valence electrons. The van der Waals surface area contributed by atoms with Gasteiger partial charge in [-0.15, -0.1) is 0 Å². The van der Waals surface area contributed by atoms with E-state index in [0.29, 0.717) is 6.42 Å². The van der Waals surface area contributed by atoms with Crippen molar-refractivity contribution in [2.75, 3.05) is 5.32 Å². The summed E-state index contributed by atoms with van der Waals surface area (Å²) in [6.45, 7) is 2.00. The third kappa shape index (κ3) is 3.86. The molecule has 0 saturated heterocycles. The van der Waals surface area contributed by atoms with Crippen LogP contribution in [0.2, 0.25) is 0 Å². The Balaban J connectivity index is 1.62. The largest absolute Gasteiger partial charge is 0.326 e. The van der Waals surface area contributed by atoms with Gasteiger partial charge < -0.3 is 5.32 Å². The van der Waals surface area contributed by atoms with Gasteiger partial charge in [0.25, 0.3) is 0 Å². The van der Waals surface area contributed by atoms with Crippen molar-refractivity contribution in [2.45, 2.75) is 19.8 Å². The number of hydrogen-bond acceptors (Lipinski definition) is 2. The summed E-state index contributed by atoms with van der Waals surface area (Å²) in [6, 6.07) is 16.0. The monoisotopic (exact) mass is 305 g/mol. The Kier molecular flexibility index (Phi) is 4.52. The third-order valence-corrected chi connectivity index (χ3v) is 3.82. The zero-order chi connectivity index (χ0) is 16.1. The number of aromatic nitrogens is 2. The number of aromatic amines is 1. The number of nitrogens with one attached hydrogen (secondary N) is 2. The van der Waals surface area contributed by atoms with Gasteiger partial charge in [-0.3, -0.25) is 9.89 Å². The lowest BCUT2D eigenvalue weighted by Crippen LogP contribution is -2.13. The summed E-state index contributed by atoms with van der Waals surface area (Å²) in [7, 11) is 0. The van der Waals surface area contributed by atoms with Crippen LogP contribution in [0.5, 0.6) is 0 Å². The number of anilines is 1. The van der Waals surface area contributed by atoms with Crippen LogP contribution in [0.25, 0.3) is 11.1 Å². The fourth-order valence-corrected chi connectivity index (χ4v) is 2.51. The lowest BCUT2D eigenvalue weighted by molar-refractivity contribution is -0.116. The molecule has 0 unspecified atom stereocenters. The lowest BCUT2D eigenvalue weighted by atomic mass is 10.0. The topological polar surface area (TPSA) is 57.8 Å². The molecule has 0 aliphatic rings. The number of carbonyl (C=O) groups excluding carboxylic acids is 1. The van der Waals surface area contributed by atoms with Crippen LogP contribution < -0.4 is 5.32 Å². The zero-order valence-electron chi connectivity index (χ0n) is 13.0. The Morgan fingerprint density at radius 1 is 1.13 bits per heavy atom. The summed E-state index contributed by atoms with van der Waals surface area (Å²) in [6.07, 6.45) is 4.87. The minimum absolute atomic E-state index is 0.0352. The maximum absolute atomic E-state index is 12.1. The maximum atomic E-state index is 12.1. The van der Waals surface area contributed by atoms with E-state index >= 15 is 0 Å². The van der Waals surface area contributed by atoms with E-state index in [1.54, 1.807) is 6.20 Å². The Bertz CT molecular complexity index is 780. The van der Waals surface area contributed by atoms with E-state index in [-0.39, 0.29) is 5.91 Å². The predicted molar refractivity (Wildman–Crippen MR) is 92.2 cm³/mol. The van der Waals surface area contributed by atoms with Gasteiger partial charge in [0, 0.05) is 23.9 Å². The normalized spacial score (nSPS) is 10.5. The molecule has 4 heteroatoms. The highest BCUT2D eigenvalue weighted by Crippen LogP contribution is 2.24. The summed E-state index contributed by atoms with van der Waals surface area (Å²) in [5.41, 5.74) is 5.19. The lowest BCUT2D eigenvalue weighted by Gasteiger charge is -2.10. The summed E-state index contributed by atoms with van der Waals surface area (Å²) in [4.78, 5) is 12.1. The molecule has 2 N–H and O–H groups in total. The van der Waals surface area contributed by atoms with Crippen LogP contribution in [-0.4, -0.2) is 16.1 Å². The van der Waals surface area contributed by atoms with E-state index in [2.05, 4.69) is 21.6 Å². The molecule has 1 heterocycles. The standard InChI is InChI=1S/C19H19N3O/c1-14-11-16(17-12-20-21-13-17)8-9-18(14)22-19(23)10-7-15-5-3-2-4-6-15/h2-6,8-9,11-13H,7,10H2,1H3,(H,20,21)(H,22,23). The Morgan fingerprint density at radius 2 is 1.96 bits per heavy atom. The SMILES string of the molecule is Cc1cc(-c2cn[nH]c2)ccc1NC(=O)CCc1ccccc1. The van der Waals surface area contributed by atoms with Crippen LogP contribution in [0.15, 0.2) is 60.9 Å². The van der Waals surface area contributed by atoms with Gasteiger partial charge in [0.05, 0.1) is 6.20 Å². The Labute approximate surface area is 135 Å². The first-order valence-electron chi connectivity index (χ1n) is 7.66. The zero-order valence-corrected chi connectivity index (χ0v) is 13.0. The average molecular weight is 305 g/mol. The number of H-pyrrole nitrogens is 1. The minimum atomic E-state index is 0.0352. The molecule has 0 radical (unpaired) electrons. The number of rotatable bonds is 5. The van der Waals surface area contributed by atoms with Crippen molar-refractivity contribution in [1.82, 2.24) is 10.2 Å². The molecule has 23 heavy (non-hydrogen) atoms. The molecular formula is C19H19N3O. The van der Waals surface area contributed by atoms with E-state index in [1.165, 1.54) is 5.56 Å². The molecule has 0 aliphatic carbocycles. The highest BCUT2D eigenvalue weighted by molar-refractivity contribution is 5.92. The molecule has 1 amide bonds. The van der Waals surface area contributed by atoms with E-state index in [9.17, 15) is 4.79 Å². The predicted octanol–water partition coefficient (Wildman–Crippen LogP) is 3.96. The number of hydrogen-bond donors (Lipinski definition) is 2. The summed E-state index contributed by atoms with van der Waals surface area (Å²) >= 11 is 0. The summed E-state index contributed by atoms with van der Waals surface area (Å²) in [5, 5.41) is 9.76. The molecule has 0 aliphatic heterocycles. The van der Waals surface area contributed by atoms with Gasteiger partial charge in [-0.2, -0.15) is 5.10 Å². The van der Waals surface area contributed by atoms with Crippen molar-refractivity contribution in [3.63, 3.8) is 0 Å².